The summed E-state index contributed by atoms with van der Waals surface area (Å²) in [5.74, 6) is 0.408. The quantitative estimate of drug-likeness (QED) is 0.638. The number of rotatable bonds is 7. The Hall–Kier alpha value is -2.08. The van der Waals surface area contributed by atoms with Gasteiger partial charge in [0.2, 0.25) is 15.9 Å². The Labute approximate surface area is 175 Å². The van der Waals surface area contributed by atoms with Gasteiger partial charge in [-0.2, -0.15) is 9.40 Å². The number of aromatic nitrogens is 3. The molecule has 9 nitrogen and oxygen atoms in total. The number of nitrogens with zero attached hydrogens (tertiary/aromatic N) is 3. The van der Waals surface area contributed by atoms with Crippen LogP contribution < -0.4 is 5.32 Å². The van der Waals surface area contributed by atoms with Crippen molar-refractivity contribution in [2.45, 2.75) is 38.1 Å². The topological polar surface area (TPSA) is 109 Å². The van der Waals surface area contributed by atoms with Gasteiger partial charge >= 0.3 is 0 Å². The van der Waals surface area contributed by atoms with Crippen LogP contribution in [0.15, 0.2) is 23.1 Å². The van der Waals surface area contributed by atoms with Gasteiger partial charge in [0.25, 0.3) is 0 Å². The van der Waals surface area contributed by atoms with Crippen molar-refractivity contribution in [1.29, 1.82) is 0 Å². The summed E-state index contributed by atoms with van der Waals surface area (Å²) in [4.78, 5) is 12.7. The molecule has 158 valence electrons. The van der Waals surface area contributed by atoms with E-state index in [0.717, 1.165) is 6.42 Å². The second-order valence-electron chi connectivity index (χ2n) is 6.83. The van der Waals surface area contributed by atoms with Crippen LogP contribution in [0.4, 0.5) is 5.69 Å². The number of hydrogen-bond acceptors (Lipinski definition) is 6. The highest BCUT2D eigenvalue weighted by molar-refractivity contribution is 7.89. The van der Waals surface area contributed by atoms with E-state index in [0.29, 0.717) is 54.6 Å². The number of sulfonamides is 1. The molecule has 0 spiro atoms. The Bertz CT molecular complexity index is 1040. The fourth-order valence-electron chi connectivity index (χ4n) is 3.15. The highest BCUT2D eigenvalue weighted by Crippen LogP contribution is 2.24. The highest BCUT2D eigenvalue weighted by atomic mass is 32.2. The minimum absolute atomic E-state index is 0.00406. The Balaban J connectivity index is 1.79. The molecule has 1 fully saturated rings. The standard InChI is InChI=1S/C18H25N5O4S2/c1-3-4-16-20-21-18(28)23(16)12-17(24)19-14-6-5-13(2)15(11-14)29(25,26)22-7-9-27-10-8-22/h5-6,11H,3-4,7-10,12H2,1-2H3,(H,19,24)(H,21,28). The minimum Gasteiger partial charge on any atom is -0.379 e. The maximum absolute atomic E-state index is 13.0. The second-order valence-corrected chi connectivity index (χ2v) is 9.12. The SMILES string of the molecule is CCCc1n[nH]c(=S)n1CC(=O)Nc1ccc(C)c(S(=O)(=O)N2CCOCC2)c1. The molecular weight excluding hydrogens is 414 g/mol. The summed E-state index contributed by atoms with van der Waals surface area (Å²) >= 11 is 5.20. The van der Waals surface area contributed by atoms with Crippen LogP contribution in [0.3, 0.4) is 0 Å². The summed E-state index contributed by atoms with van der Waals surface area (Å²) in [7, 11) is -3.66. The number of ether oxygens (including phenoxy) is 1. The zero-order valence-electron chi connectivity index (χ0n) is 16.5. The summed E-state index contributed by atoms with van der Waals surface area (Å²) in [6, 6.07) is 4.88. The van der Waals surface area contributed by atoms with Crippen molar-refractivity contribution in [3.8, 4) is 0 Å². The number of nitrogens with one attached hydrogen (secondary N) is 2. The lowest BCUT2D eigenvalue weighted by Crippen LogP contribution is -2.40. The van der Waals surface area contributed by atoms with Gasteiger partial charge in [-0.15, -0.1) is 0 Å². The second kappa shape index (κ2) is 9.16. The van der Waals surface area contributed by atoms with Crippen molar-refractivity contribution in [2.24, 2.45) is 0 Å². The number of benzene rings is 1. The molecule has 1 aliphatic rings. The summed E-state index contributed by atoms with van der Waals surface area (Å²) in [6.45, 7) is 5.14. The highest BCUT2D eigenvalue weighted by Gasteiger charge is 2.28. The van der Waals surface area contributed by atoms with E-state index >= 15 is 0 Å². The molecule has 11 heteroatoms. The van der Waals surface area contributed by atoms with E-state index in [9.17, 15) is 13.2 Å². The van der Waals surface area contributed by atoms with Crippen LogP contribution in [0.5, 0.6) is 0 Å². The zero-order chi connectivity index (χ0) is 21.0. The largest absolute Gasteiger partial charge is 0.379 e. The first-order valence-electron chi connectivity index (χ1n) is 9.45. The third-order valence-electron chi connectivity index (χ3n) is 4.67. The van der Waals surface area contributed by atoms with E-state index < -0.39 is 10.0 Å². The monoisotopic (exact) mass is 439 g/mol. The summed E-state index contributed by atoms with van der Waals surface area (Å²) < 4.78 is 34.7. The van der Waals surface area contributed by atoms with Gasteiger partial charge in [-0.3, -0.25) is 14.5 Å². The first-order valence-corrected chi connectivity index (χ1v) is 11.3. The van der Waals surface area contributed by atoms with Gasteiger partial charge in [0, 0.05) is 25.2 Å². The van der Waals surface area contributed by atoms with Crippen LogP contribution in [-0.2, 0) is 32.5 Å². The number of anilines is 1. The zero-order valence-corrected chi connectivity index (χ0v) is 18.1. The van der Waals surface area contributed by atoms with Gasteiger partial charge in [-0.1, -0.05) is 13.0 Å². The number of hydrogen-bond donors (Lipinski definition) is 2. The molecule has 2 heterocycles. The van der Waals surface area contributed by atoms with Gasteiger partial charge in [0.15, 0.2) is 4.77 Å². The Morgan fingerprint density at radius 1 is 1.34 bits per heavy atom. The fraction of sp³-hybridized carbons (Fsp3) is 0.500. The third kappa shape index (κ3) is 4.92. The number of carbonyl (C=O) groups is 1. The lowest BCUT2D eigenvalue weighted by molar-refractivity contribution is -0.116. The van der Waals surface area contributed by atoms with Crippen molar-refractivity contribution in [1.82, 2.24) is 19.1 Å². The smallest absolute Gasteiger partial charge is 0.244 e. The van der Waals surface area contributed by atoms with Crippen molar-refractivity contribution in [3.05, 3.63) is 34.4 Å². The maximum atomic E-state index is 13.0. The third-order valence-corrected chi connectivity index (χ3v) is 7.02. The average molecular weight is 440 g/mol. The molecule has 1 aromatic heterocycles. The molecule has 0 bridgehead atoms. The van der Waals surface area contributed by atoms with Crippen LogP contribution in [0.25, 0.3) is 0 Å². The van der Waals surface area contributed by atoms with E-state index in [-0.39, 0.29) is 17.3 Å². The molecule has 0 saturated carbocycles. The molecule has 1 amide bonds. The summed E-state index contributed by atoms with van der Waals surface area (Å²) in [5, 5.41) is 9.61. The molecule has 0 aliphatic carbocycles. The van der Waals surface area contributed by atoms with Crippen molar-refractivity contribution in [3.63, 3.8) is 0 Å². The first kappa shape index (κ1) is 21.6. The van der Waals surface area contributed by atoms with Gasteiger partial charge in [0.05, 0.1) is 18.1 Å². The van der Waals surface area contributed by atoms with Crippen LogP contribution in [0.2, 0.25) is 0 Å². The molecule has 2 N–H and O–H groups in total. The van der Waals surface area contributed by atoms with Crippen LogP contribution in [-0.4, -0.2) is 59.7 Å². The summed E-state index contributed by atoms with van der Waals surface area (Å²) in [6.07, 6.45) is 1.58. The summed E-state index contributed by atoms with van der Waals surface area (Å²) in [5.41, 5.74) is 1.04. The lowest BCUT2D eigenvalue weighted by atomic mass is 10.2. The molecule has 1 saturated heterocycles. The van der Waals surface area contributed by atoms with E-state index in [2.05, 4.69) is 15.5 Å². The number of aromatic amines is 1. The fourth-order valence-corrected chi connectivity index (χ4v) is 5.03. The number of H-pyrrole nitrogens is 1. The van der Waals surface area contributed by atoms with Gasteiger partial charge in [-0.05, 0) is 43.3 Å². The maximum Gasteiger partial charge on any atom is 0.244 e. The number of aryl methyl sites for hydroxylation is 2. The van der Waals surface area contributed by atoms with Gasteiger partial charge in [0.1, 0.15) is 12.4 Å². The molecule has 1 aromatic carbocycles. The molecule has 2 aromatic rings. The Morgan fingerprint density at radius 2 is 2.07 bits per heavy atom. The van der Waals surface area contributed by atoms with Crippen molar-refractivity contribution < 1.29 is 17.9 Å². The number of amides is 1. The lowest BCUT2D eigenvalue weighted by Gasteiger charge is -2.26. The Kier molecular flexibility index (Phi) is 6.83. The van der Waals surface area contributed by atoms with Gasteiger partial charge < -0.3 is 10.1 Å². The van der Waals surface area contributed by atoms with E-state index in [1.54, 1.807) is 23.6 Å². The predicted molar refractivity (Wildman–Crippen MR) is 111 cm³/mol. The molecule has 0 unspecified atom stereocenters. The van der Waals surface area contributed by atoms with E-state index in [4.69, 9.17) is 17.0 Å². The van der Waals surface area contributed by atoms with Gasteiger partial charge in [-0.25, -0.2) is 8.42 Å². The van der Waals surface area contributed by atoms with Crippen molar-refractivity contribution in [2.75, 3.05) is 31.6 Å². The minimum atomic E-state index is -3.66. The number of carbonyl (C=O) groups excluding carboxylic acids is 1. The first-order chi connectivity index (χ1) is 13.8. The predicted octanol–water partition coefficient (Wildman–Crippen LogP) is 1.86. The Morgan fingerprint density at radius 3 is 2.76 bits per heavy atom. The van der Waals surface area contributed by atoms with Crippen LogP contribution in [0.1, 0.15) is 24.7 Å². The van der Waals surface area contributed by atoms with Crippen LogP contribution in [0, 0.1) is 11.7 Å². The van der Waals surface area contributed by atoms with Crippen LogP contribution >= 0.6 is 12.2 Å². The molecule has 29 heavy (non-hydrogen) atoms. The number of morpholine rings is 1. The molecule has 1 aliphatic heterocycles. The molecule has 0 radical (unpaired) electrons. The van der Waals surface area contributed by atoms with E-state index in [1.165, 1.54) is 10.4 Å². The molecule has 3 rings (SSSR count). The molecule has 0 atom stereocenters. The average Bonchev–Trinajstić information content (AvgIpc) is 3.04. The molecular formula is C18H25N5O4S2. The normalized spacial score (nSPS) is 15.4. The van der Waals surface area contributed by atoms with Crippen molar-refractivity contribution >= 4 is 33.8 Å². The van der Waals surface area contributed by atoms with E-state index in [1.807, 2.05) is 6.92 Å².